The Hall–Kier alpha value is -3.14. The largest absolute Gasteiger partial charge is 0.465 e. The number of hydrogen-bond acceptors (Lipinski definition) is 5. The maximum Gasteiger partial charge on any atom is 0.337 e. The summed E-state index contributed by atoms with van der Waals surface area (Å²) in [5, 5.41) is 2.81. The Morgan fingerprint density at radius 3 is 2.52 bits per heavy atom. The predicted molar refractivity (Wildman–Crippen MR) is 99.4 cm³/mol. The molecule has 0 aromatic heterocycles. The zero-order valence-corrected chi connectivity index (χ0v) is 14.9. The van der Waals surface area contributed by atoms with Crippen LogP contribution in [0.4, 0.5) is 5.69 Å². The second-order valence-corrected chi connectivity index (χ2v) is 5.83. The standard InChI is InChI=1S/C21H19NO5/c1-25-21(24)17-6-2-4-15(12-17)8-9-16-5-3-7-18(13-16)22-20(23)19-14-26-10-11-27-19/h2-7,12-13,19H,10-11,14H2,1H3,(H,22,23)/t19-/m1/s1. The van der Waals surface area contributed by atoms with Gasteiger partial charge in [-0.25, -0.2) is 4.79 Å². The number of carbonyl (C=O) groups excluding carboxylic acids is 2. The number of amides is 1. The summed E-state index contributed by atoms with van der Waals surface area (Å²) in [4.78, 5) is 23.8. The van der Waals surface area contributed by atoms with Crippen molar-refractivity contribution in [3.8, 4) is 11.8 Å². The minimum atomic E-state index is -0.602. The van der Waals surface area contributed by atoms with Crippen molar-refractivity contribution in [3.05, 3.63) is 65.2 Å². The second kappa shape index (κ2) is 8.99. The normalized spacial score (nSPS) is 16.0. The average Bonchev–Trinajstić information content (AvgIpc) is 2.73. The van der Waals surface area contributed by atoms with Crippen molar-refractivity contribution < 1.29 is 23.8 Å². The molecule has 1 N–H and O–H groups in total. The first kappa shape index (κ1) is 18.6. The zero-order valence-electron chi connectivity index (χ0n) is 14.9. The molecule has 1 saturated heterocycles. The third-order valence-electron chi connectivity index (χ3n) is 3.87. The summed E-state index contributed by atoms with van der Waals surface area (Å²) in [5.74, 6) is 5.39. The Kier molecular flexibility index (Phi) is 6.21. The smallest absolute Gasteiger partial charge is 0.337 e. The highest BCUT2D eigenvalue weighted by molar-refractivity contribution is 5.94. The number of carbonyl (C=O) groups is 2. The van der Waals surface area contributed by atoms with Crippen LogP contribution >= 0.6 is 0 Å². The lowest BCUT2D eigenvalue weighted by Crippen LogP contribution is -2.39. The van der Waals surface area contributed by atoms with Crippen molar-refractivity contribution in [1.82, 2.24) is 0 Å². The van der Waals surface area contributed by atoms with Crippen LogP contribution in [0.2, 0.25) is 0 Å². The van der Waals surface area contributed by atoms with E-state index in [1.54, 1.807) is 30.3 Å². The molecule has 0 unspecified atom stereocenters. The Labute approximate surface area is 157 Å². The van der Waals surface area contributed by atoms with Crippen LogP contribution in [0.25, 0.3) is 0 Å². The van der Waals surface area contributed by atoms with E-state index >= 15 is 0 Å². The van der Waals surface area contributed by atoms with Crippen LogP contribution in [0.1, 0.15) is 21.5 Å². The van der Waals surface area contributed by atoms with Crippen molar-refractivity contribution in [2.45, 2.75) is 6.10 Å². The van der Waals surface area contributed by atoms with E-state index in [2.05, 4.69) is 17.2 Å². The summed E-state index contributed by atoms with van der Waals surface area (Å²) in [6, 6.07) is 14.1. The quantitative estimate of drug-likeness (QED) is 0.667. The van der Waals surface area contributed by atoms with Gasteiger partial charge in [0.15, 0.2) is 6.10 Å². The number of ether oxygens (including phenoxy) is 3. The fourth-order valence-electron chi connectivity index (χ4n) is 2.52. The molecule has 0 spiro atoms. The van der Waals surface area contributed by atoms with Crippen molar-refractivity contribution in [1.29, 1.82) is 0 Å². The molecule has 0 aliphatic carbocycles. The summed E-state index contributed by atoms with van der Waals surface area (Å²) in [5.41, 5.74) is 2.50. The number of hydrogen-bond donors (Lipinski definition) is 1. The number of nitrogens with one attached hydrogen (secondary N) is 1. The first-order chi connectivity index (χ1) is 13.2. The Bertz CT molecular complexity index is 891. The van der Waals surface area contributed by atoms with Gasteiger partial charge in [-0.1, -0.05) is 24.0 Å². The van der Waals surface area contributed by atoms with Gasteiger partial charge in [0.05, 0.1) is 32.5 Å². The van der Waals surface area contributed by atoms with Gasteiger partial charge in [0, 0.05) is 16.8 Å². The Balaban J connectivity index is 1.70. The van der Waals surface area contributed by atoms with E-state index in [1.165, 1.54) is 7.11 Å². The molecule has 0 bridgehead atoms. The maximum atomic E-state index is 12.2. The van der Waals surface area contributed by atoms with Crippen LogP contribution in [-0.2, 0) is 19.0 Å². The predicted octanol–water partition coefficient (Wildman–Crippen LogP) is 2.23. The summed E-state index contributed by atoms with van der Waals surface area (Å²) in [7, 11) is 1.34. The zero-order chi connectivity index (χ0) is 19.1. The van der Waals surface area contributed by atoms with Crippen molar-refractivity contribution in [2.24, 2.45) is 0 Å². The molecule has 2 aromatic rings. The van der Waals surface area contributed by atoms with E-state index in [1.807, 2.05) is 18.2 Å². The number of esters is 1. The topological polar surface area (TPSA) is 73.9 Å². The van der Waals surface area contributed by atoms with Crippen LogP contribution in [0.5, 0.6) is 0 Å². The fourth-order valence-corrected chi connectivity index (χ4v) is 2.52. The second-order valence-electron chi connectivity index (χ2n) is 5.83. The summed E-state index contributed by atoms with van der Waals surface area (Å²) < 4.78 is 15.3. The van der Waals surface area contributed by atoms with Crippen molar-refractivity contribution in [3.63, 3.8) is 0 Å². The average molecular weight is 365 g/mol. The Morgan fingerprint density at radius 1 is 1.07 bits per heavy atom. The van der Waals surface area contributed by atoms with Gasteiger partial charge < -0.3 is 19.5 Å². The fraction of sp³-hybridized carbons (Fsp3) is 0.238. The molecule has 1 aliphatic heterocycles. The summed E-state index contributed by atoms with van der Waals surface area (Å²) >= 11 is 0. The van der Waals surface area contributed by atoms with Crippen LogP contribution in [0.15, 0.2) is 48.5 Å². The van der Waals surface area contributed by atoms with Crippen molar-refractivity contribution in [2.75, 3.05) is 32.2 Å². The van der Waals surface area contributed by atoms with Gasteiger partial charge in [-0.15, -0.1) is 0 Å². The molecule has 1 fully saturated rings. The van der Waals surface area contributed by atoms with Crippen LogP contribution < -0.4 is 5.32 Å². The molecule has 0 radical (unpaired) electrons. The minimum Gasteiger partial charge on any atom is -0.465 e. The molecule has 138 valence electrons. The monoisotopic (exact) mass is 365 g/mol. The molecule has 1 heterocycles. The van der Waals surface area contributed by atoms with Gasteiger partial charge in [0.1, 0.15) is 0 Å². The lowest BCUT2D eigenvalue weighted by molar-refractivity contribution is -0.142. The van der Waals surface area contributed by atoms with E-state index in [0.29, 0.717) is 30.0 Å². The van der Waals surface area contributed by atoms with E-state index in [0.717, 1.165) is 5.56 Å². The first-order valence-corrected chi connectivity index (χ1v) is 8.46. The highest BCUT2D eigenvalue weighted by Crippen LogP contribution is 2.12. The lowest BCUT2D eigenvalue weighted by atomic mass is 10.1. The van der Waals surface area contributed by atoms with E-state index < -0.39 is 12.1 Å². The molecule has 1 aliphatic rings. The lowest BCUT2D eigenvalue weighted by Gasteiger charge is -2.22. The van der Waals surface area contributed by atoms with E-state index in [-0.39, 0.29) is 12.5 Å². The minimum absolute atomic E-state index is 0.245. The van der Waals surface area contributed by atoms with Crippen LogP contribution in [0, 0.1) is 11.8 Å². The van der Waals surface area contributed by atoms with Crippen molar-refractivity contribution >= 4 is 17.6 Å². The molecular weight excluding hydrogens is 346 g/mol. The molecule has 2 aromatic carbocycles. The Morgan fingerprint density at radius 2 is 1.81 bits per heavy atom. The highest BCUT2D eigenvalue weighted by Gasteiger charge is 2.22. The molecule has 1 amide bonds. The molecule has 6 nitrogen and oxygen atoms in total. The summed E-state index contributed by atoms with van der Waals surface area (Å²) in [6.45, 7) is 1.17. The van der Waals surface area contributed by atoms with E-state index in [4.69, 9.17) is 14.2 Å². The van der Waals surface area contributed by atoms with Crippen LogP contribution in [0.3, 0.4) is 0 Å². The third-order valence-corrected chi connectivity index (χ3v) is 3.87. The molecule has 1 atom stereocenters. The SMILES string of the molecule is COC(=O)c1cccc(C#Cc2cccc(NC(=O)[C@H]3COCCO3)c2)c1. The van der Waals surface area contributed by atoms with Gasteiger partial charge in [-0.3, -0.25) is 4.79 Å². The van der Waals surface area contributed by atoms with Gasteiger partial charge in [0.2, 0.25) is 0 Å². The number of anilines is 1. The molecule has 0 saturated carbocycles. The first-order valence-electron chi connectivity index (χ1n) is 8.46. The molecule has 6 heteroatoms. The molecule has 27 heavy (non-hydrogen) atoms. The van der Waals surface area contributed by atoms with Gasteiger partial charge in [0.25, 0.3) is 5.91 Å². The van der Waals surface area contributed by atoms with Gasteiger partial charge in [-0.2, -0.15) is 0 Å². The highest BCUT2D eigenvalue weighted by atomic mass is 16.6. The van der Waals surface area contributed by atoms with Gasteiger partial charge in [-0.05, 0) is 36.4 Å². The summed E-state index contributed by atoms with van der Waals surface area (Å²) in [6.07, 6.45) is -0.602. The molecular formula is C21H19NO5. The number of benzene rings is 2. The number of rotatable bonds is 3. The maximum absolute atomic E-state index is 12.2. The third kappa shape index (κ3) is 5.17. The molecule has 3 rings (SSSR count). The van der Waals surface area contributed by atoms with E-state index in [9.17, 15) is 9.59 Å². The van der Waals surface area contributed by atoms with Crippen LogP contribution in [-0.4, -0.2) is 44.9 Å². The number of methoxy groups -OCH3 is 1. The van der Waals surface area contributed by atoms with Gasteiger partial charge >= 0.3 is 5.97 Å².